The molecule has 0 radical (unpaired) electrons. The minimum Gasteiger partial charge on any atom is -0.335 e. The molecule has 1 aliphatic heterocycles. The molecule has 0 spiro atoms. The summed E-state index contributed by atoms with van der Waals surface area (Å²) in [6.45, 7) is 2.90. The Morgan fingerprint density at radius 3 is 2.80 bits per heavy atom. The normalized spacial score (nSPS) is 19.8. The number of rotatable bonds is 3. The van der Waals surface area contributed by atoms with Crippen LogP contribution in [0.3, 0.4) is 0 Å². The lowest BCUT2D eigenvalue weighted by Gasteiger charge is -2.27. The van der Waals surface area contributed by atoms with E-state index in [9.17, 15) is 9.18 Å². The molecule has 5 nitrogen and oxygen atoms in total. The van der Waals surface area contributed by atoms with E-state index >= 15 is 0 Å². The summed E-state index contributed by atoms with van der Waals surface area (Å²) in [7, 11) is 0. The van der Waals surface area contributed by atoms with Gasteiger partial charge in [-0.3, -0.25) is 4.79 Å². The van der Waals surface area contributed by atoms with Crippen LogP contribution in [0.5, 0.6) is 0 Å². The van der Waals surface area contributed by atoms with Gasteiger partial charge in [0, 0.05) is 35.8 Å². The van der Waals surface area contributed by atoms with Crippen LogP contribution in [0.25, 0.3) is 16.9 Å². The van der Waals surface area contributed by atoms with Gasteiger partial charge in [-0.1, -0.05) is 18.9 Å². The van der Waals surface area contributed by atoms with Crippen molar-refractivity contribution in [1.29, 1.82) is 0 Å². The van der Waals surface area contributed by atoms with Gasteiger partial charge in [0.05, 0.1) is 10.2 Å². The van der Waals surface area contributed by atoms with Crippen molar-refractivity contribution in [1.82, 2.24) is 19.5 Å². The highest BCUT2D eigenvalue weighted by Crippen LogP contribution is 2.41. The van der Waals surface area contributed by atoms with Crippen LogP contribution in [0.1, 0.15) is 67.5 Å². The average Bonchev–Trinajstić information content (AvgIpc) is 3.52. The molecule has 0 unspecified atom stereocenters. The predicted molar refractivity (Wildman–Crippen MR) is 117 cm³/mol. The monoisotopic (exact) mass is 470 g/mol. The number of fused-ring (bicyclic) bond motifs is 1. The van der Waals surface area contributed by atoms with E-state index in [4.69, 9.17) is 0 Å². The van der Waals surface area contributed by atoms with Crippen LogP contribution in [-0.4, -0.2) is 38.0 Å². The number of nitrogens with zero attached hydrogens (tertiary/aromatic N) is 4. The van der Waals surface area contributed by atoms with Crippen LogP contribution in [0.15, 0.2) is 34.8 Å². The van der Waals surface area contributed by atoms with Crippen molar-refractivity contribution in [2.45, 2.75) is 57.4 Å². The Morgan fingerprint density at radius 2 is 2.00 bits per heavy atom. The first kappa shape index (κ1) is 19.7. The molecule has 30 heavy (non-hydrogen) atoms. The molecule has 5 rings (SSSR count). The molecule has 1 amide bonds. The van der Waals surface area contributed by atoms with E-state index in [1.165, 1.54) is 0 Å². The van der Waals surface area contributed by atoms with Crippen LogP contribution in [0.2, 0.25) is 0 Å². The summed E-state index contributed by atoms with van der Waals surface area (Å²) in [5.74, 6) is 0.0254. The van der Waals surface area contributed by atoms with Gasteiger partial charge < -0.3 is 4.90 Å². The van der Waals surface area contributed by atoms with Crippen LogP contribution in [0.4, 0.5) is 4.39 Å². The molecule has 0 bridgehead atoms. The van der Waals surface area contributed by atoms with E-state index in [0.717, 1.165) is 50.8 Å². The van der Waals surface area contributed by atoms with Crippen molar-refractivity contribution < 1.29 is 9.18 Å². The Kier molecular flexibility index (Phi) is 5.09. The van der Waals surface area contributed by atoms with Gasteiger partial charge in [-0.2, -0.15) is 5.10 Å². The van der Waals surface area contributed by atoms with Crippen molar-refractivity contribution in [3.05, 3.63) is 52.0 Å². The summed E-state index contributed by atoms with van der Waals surface area (Å²) in [6, 6.07) is 9.07. The van der Waals surface area contributed by atoms with E-state index in [1.807, 2.05) is 11.0 Å². The number of hydrogen-bond donors (Lipinski definition) is 0. The molecule has 1 aliphatic carbocycles. The van der Waals surface area contributed by atoms with Gasteiger partial charge in [0.25, 0.3) is 5.91 Å². The smallest absolute Gasteiger partial charge is 0.272 e. The largest absolute Gasteiger partial charge is 0.335 e. The van der Waals surface area contributed by atoms with Gasteiger partial charge >= 0.3 is 0 Å². The molecule has 1 saturated carbocycles. The molecule has 0 N–H and O–H groups in total. The van der Waals surface area contributed by atoms with Gasteiger partial charge in [-0.15, -0.1) is 0 Å². The zero-order valence-corrected chi connectivity index (χ0v) is 18.5. The fourth-order valence-electron chi connectivity index (χ4n) is 4.33. The molecule has 2 aliphatic rings. The van der Waals surface area contributed by atoms with Gasteiger partial charge in [-0.05, 0) is 66.7 Å². The standard InChI is InChI=1S/C23H24BrFN4O/c1-14-6-3-2-4-11-28(14)23(30)19-12-20(15-9-10-15)29-21(26-19)13-18(27-29)16-7-5-8-17(24)22(16)25/h5,7-8,12-15H,2-4,6,9-11H2,1H3/t14-/m1/s1. The van der Waals surface area contributed by atoms with Crippen molar-refractivity contribution >= 4 is 27.5 Å². The Labute approximate surface area is 183 Å². The fourth-order valence-corrected chi connectivity index (χ4v) is 4.70. The molecule has 1 atom stereocenters. The van der Waals surface area contributed by atoms with Crippen molar-refractivity contribution in [3.8, 4) is 11.3 Å². The van der Waals surface area contributed by atoms with Gasteiger partial charge in [0.1, 0.15) is 11.5 Å². The van der Waals surface area contributed by atoms with Gasteiger partial charge in [-0.25, -0.2) is 13.9 Å². The number of carbonyl (C=O) groups is 1. The van der Waals surface area contributed by atoms with Gasteiger partial charge in [0.15, 0.2) is 5.65 Å². The van der Waals surface area contributed by atoms with Crippen LogP contribution in [-0.2, 0) is 0 Å². The maximum absolute atomic E-state index is 14.6. The molecule has 1 saturated heterocycles. The molecule has 3 heterocycles. The fraction of sp³-hybridized carbons (Fsp3) is 0.435. The Morgan fingerprint density at radius 1 is 1.17 bits per heavy atom. The van der Waals surface area contributed by atoms with E-state index in [-0.39, 0.29) is 17.8 Å². The SMILES string of the molecule is C[C@@H]1CCCCCN1C(=O)c1cc(C2CC2)n2nc(-c3cccc(Br)c3F)cc2n1. The molecular formula is C23H24BrFN4O. The predicted octanol–water partition coefficient (Wildman–Crippen LogP) is 5.58. The minimum absolute atomic E-state index is 0.00909. The maximum Gasteiger partial charge on any atom is 0.272 e. The van der Waals surface area contributed by atoms with Gasteiger partial charge in [0.2, 0.25) is 0 Å². The van der Waals surface area contributed by atoms with E-state index in [2.05, 4.69) is 32.9 Å². The second-order valence-electron chi connectivity index (χ2n) is 8.44. The molecule has 3 aromatic rings. The van der Waals surface area contributed by atoms with Crippen molar-refractivity contribution in [2.75, 3.05) is 6.54 Å². The number of benzene rings is 1. The number of carbonyl (C=O) groups excluding carboxylic acids is 1. The lowest BCUT2D eigenvalue weighted by Crippen LogP contribution is -2.38. The minimum atomic E-state index is -0.344. The number of hydrogen-bond acceptors (Lipinski definition) is 3. The van der Waals surface area contributed by atoms with Crippen molar-refractivity contribution in [3.63, 3.8) is 0 Å². The second-order valence-corrected chi connectivity index (χ2v) is 9.29. The van der Waals surface area contributed by atoms with E-state index in [1.54, 1.807) is 28.8 Å². The first-order chi connectivity index (χ1) is 14.5. The maximum atomic E-state index is 14.6. The highest BCUT2D eigenvalue weighted by atomic mass is 79.9. The third-order valence-electron chi connectivity index (χ3n) is 6.21. The third-order valence-corrected chi connectivity index (χ3v) is 6.82. The Balaban J connectivity index is 1.59. The first-order valence-corrected chi connectivity index (χ1v) is 11.5. The van der Waals surface area contributed by atoms with Crippen LogP contribution < -0.4 is 0 Å². The topological polar surface area (TPSA) is 50.5 Å². The summed E-state index contributed by atoms with van der Waals surface area (Å²) in [5, 5.41) is 4.66. The Bertz CT molecular complexity index is 1120. The molecule has 2 fully saturated rings. The zero-order chi connectivity index (χ0) is 20.8. The summed E-state index contributed by atoms with van der Waals surface area (Å²) in [6.07, 6.45) is 6.54. The first-order valence-electron chi connectivity index (χ1n) is 10.7. The highest BCUT2D eigenvalue weighted by Gasteiger charge is 2.31. The Hall–Kier alpha value is -2.28. The average molecular weight is 471 g/mol. The number of likely N-dealkylation sites (tertiary alicyclic amines) is 1. The quantitative estimate of drug-likeness (QED) is 0.501. The molecular weight excluding hydrogens is 447 g/mol. The van der Waals surface area contributed by atoms with Crippen LogP contribution in [0, 0.1) is 5.82 Å². The lowest BCUT2D eigenvalue weighted by atomic mass is 10.1. The summed E-state index contributed by atoms with van der Waals surface area (Å²) >= 11 is 3.25. The number of amides is 1. The highest BCUT2D eigenvalue weighted by molar-refractivity contribution is 9.10. The molecule has 7 heteroatoms. The zero-order valence-electron chi connectivity index (χ0n) is 16.9. The number of halogens is 2. The third kappa shape index (κ3) is 3.53. The second kappa shape index (κ2) is 7.76. The summed E-state index contributed by atoms with van der Waals surface area (Å²) in [5.41, 5.74) is 3.01. The molecule has 1 aromatic carbocycles. The molecule has 156 valence electrons. The lowest BCUT2D eigenvalue weighted by molar-refractivity contribution is 0.0692. The van der Waals surface area contributed by atoms with E-state index in [0.29, 0.717) is 33.0 Å². The summed E-state index contributed by atoms with van der Waals surface area (Å²) in [4.78, 5) is 20.0. The van der Waals surface area contributed by atoms with Crippen molar-refractivity contribution in [2.24, 2.45) is 0 Å². The number of aromatic nitrogens is 3. The summed E-state index contributed by atoms with van der Waals surface area (Å²) < 4.78 is 16.8. The van der Waals surface area contributed by atoms with Crippen LogP contribution >= 0.6 is 15.9 Å². The molecule has 2 aromatic heterocycles. The van der Waals surface area contributed by atoms with E-state index < -0.39 is 0 Å².